The Morgan fingerprint density at radius 3 is 2.17 bits per heavy atom. The largest absolute Gasteiger partial charge is 0.341 e. The van der Waals surface area contributed by atoms with Crippen LogP contribution >= 0.6 is 0 Å². The quantitative estimate of drug-likeness (QED) is 0.910. The molecule has 0 aromatic heterocycles. The van der Waals surface area contributed by atoms with Crippen molar-refractivity contribution in [2.45, 2.75) is 55.8 Å². The lowest BCUT2D eigenvalue weighted by Gasteiger charge is -2.38. The van der Waals surface area contributed by atoms with Crippen LogP contribution in [0.3, 0.4) is 0 Å². The molecule has 1 fully saturated rings. The van der Waals surface area contributed by atoms with Gasteiger partial charge in [0.25, 0.3) is 5.91 Å². The number of amides is 1. The summed E-state index contributed by atoms with van der Waals surface area (Å²) in [6.07, 6.45) is 3.07. The van der Waals surface area contributed by atoms with Crippen molar-refractivity contribution in [2.24, 2.45) is 0 Å². The van der Waals surface area contributed by atoms with Crippen LogP contribution in [-0.2, 0) is 9.84 Å². The minimum Gasteiger partial charge on any atom is -0.284 e. The molecule has 0 saturated carbocycles. The van der Waals surface area contributed by atoms with Crippen molar-refractivity contribution in [3.8, 4) is 0 Å². The summed E-state index contributed by atoms with van der Waals surface area (Å²) in [7, 11) is -4.64. The number of nitrogens with zero attached hydrogens (tertiary/aromatic N) is 1. The van der Waals surface area contributed by atoms with Gasteiger partial charge in [-0.3, -0.25) is 10.2 Å². The van der Waals surface area contributed by atoms with Crippen LogP contribution < -0.4 is 5.43 Å². The van der Waals surface area contributed by atoms with Gasteiger partial charge < -0.3 is 0 Å². The Kier molecular flexibility index (Phi) is 5.36. The first-order valence-electron chi connectivity index (χ1n) is 7.45. The summed E-state index contributed by atoms with van der Waals surface area (Å²) < 4.78 is 47.7. The fraction of sp³-hybridized carbons (Fsp3) is 0.533. The summed E-state index contributed by atoms with van der Waals surface area (Å²) in [6.45, 7) is 4.04. The van der Waals surface area contributed by atoms with Crippen LogP contribution in [0.2, 0.25) is 0 Å². The van der Waals surface area contributed by atoms with Gasteiger partial charge in [0, 0.05) is 17.6 Å². The summed E-state index contributed by atoms with van der Waals surface area (Å²) in [5.41, 5.74) is 3.04. The van der Waals surface area contributed by atoms with Gasteiger partial charge in [0.1, 0.15) is 0 Å². The first kappa shape index (κ1) is 17.8. The molecule has 1 amide bonds. The molecule has 0 radical (unpaired) electrons. The van der Waals surface area contributed by atoms with Gasteiger partial charge in [-0.25, -0.2) is 13.4 Å². The van der Waals surface area contributed by atoms with E-state index in [9.17, 15) is 22.0 Å². The average Bonchev–Trinajstić information content (AvgIpc) is 2.51. The van der Waals surface area contributed by atoms with Gasteiger partial charge >= 0.3 is 5.76 Å². The molecule has 5 nitrogen and oxygen atoms in total. The molecule has 23 heavy (non-hydrogen) atoms. The summed E-state index contributed by atoms with van der Waals surface area (Å²) in [5, 5.41) is 1.88. The van der Waals surface area contributed by atoms with E-state index in [1.54, 1.807) is 0 Å². The highest BCUT2D eigenvalue weighted by Gasteiger charge is 2.28. The SMILES string of the molecule is C[C@H]1CCC[C@H](C)N1NC(=O)c1ccc(S(=O)(=O)C(F)F)cc1. The third kappa shape index (κ3) is 3.87. The smallest absolute Gasteiger partial charge is 0.284 e. The Bertz CT molecular complexity index is 652. The first-order chi connectivity index (χ1) is 10.7. The normalized spacial score (nSPS) is 23.0. The molecule has 2 rings (SSSR count). The van der Waals surface area contributed by atoms with E-state index >= 15 is 0 Å². The zero-order valence-corrected chi connectivity index (χ0v) is 13.8. The summed E-state index contributed by atoms with van der Waals surface area (Å²) in [4.78, 5) is 11.8. The second-order valence-electron chi connectivity index (χ2n) is 5.81. The number of piperidine rings is 1. The standard InChI is InChI=1S/C15H20F2N2O3S/c1-10-4-3-5-11(2)19(10)18-14(20)12-6-8-13(9-7-12)23(21,22)15(16)17/h6-11,15H,3-5H2,1-2H3,(H,18,20)/t10-,11-/m0/s1. The molecule has 1 aromatic rings. The Morgan fingerprint density at radius 2 is 1.70 bits per heavy atom. The highest BCUT2D eigenvalue weighted by Crippen LogP contribution is 2.21. The van der Waals surface area contributed by atoms with Crippen LogP contribution in [0.1, 0.15) is 43.5 Å². The molecular weight excluding hydrogens is 326 g/mol. The Balaban J connectivity index is 2.12. The maximum absolute atomic E-state index is 12.5. The molecule has 0 bridgehead atoms. The zero-order valence-electron chi connectivity index (χ0n) is 13.0. The van der Waals surface area contributed by atoms with E-state index in [2.05, 4.69) is 5.43 Å². The maximum atomic E-state index is 12.5. The lowest BCUT2D eigenvalue weighted by Crippen LogP contribution is -2.54. The number of hydrogen-bond donors (Lipinski definition) is 1. The monoisotopic (exact) mass is 346 g/mol. The minimum atomic E-state index is -4.64. The molecule has 0 spiro atoms. The average molecular weight is 346 g/mol. The molecule has 1 heterocycles. The molecule has 128 valence electrons. The first-order valence-corrected chi connectivity index (χ1v) is 8.99. The van der Waals surface area contributed by atoms with Gasteiger partial charge in [-0.1, -0.05) is 6.42 Å². The van der Waals surface area contributed by atoms with Gasteiger partial charge in [-0.05, 0) is 51.0 Å². The number of benzene rings is 1. The summed E-state index contributed by atoms with van der Waals surface area (Å²) in [6, 6.07) is 4.95. The van der Waals surface area contributed by atoms with Gasteiger partial charge in [0.05, 0.1) is 4.90 Å². The van der Waals surface area contributed by atoms with Crippen LogP contribution in [0.15, 0.2) is 29.2 Å². The zero-order chi connectivity index (χ0) is 17.2. The number of alkyl halides is 2. The second kappa shape index (κ2) is 6.92. The van der Waals surface area contributed by atoms with Crippen molar-refractivity contribution >= 4 is 15.7 Å². The van der Waals surface area contributed by atoms with Crippen LogP contribution in [0.5, 0.6) is 0 Å². The van der Waals surface area contributed by atoms with E-state index in [0.29, 0.717) is 0 Å². The molecule has 1 saturated heterocycles. The third-order valence-electron chi connectivity index (χ3n) is 4.10. The van der Waals surface area contributed by atoms with Crippen molar-refractivity contribution in [1.82, 2.24) is 10.4 Å². The Hall–Kier alpha value is -1.54. The van der Waals surface area contributed by atoms with Crippen molar-refractivity contribution in [3.63, 3.8) is 0 Å². The maximum Gasteiger partial charge on any atom is 0.341 e. The minimum absolute atomic E-state index is 0.209. The number of halogens is 2. The van der Waals surface area contributed by atoms with Crippen LogP contribution in [-0.4, -0.2) is 37.2 Å². The molecule has 2 atom stereocenters. The Morgan fingerprint density at radius 1 is 1.17 bits per heavy atom. The Labute approximate surface area is 134 Å². The predicted octanol–water partition coefficient (Wildman–Crippen LogP) is 2.59. The van der Waals surface area contributed by atoms with E-state index in [4.69, 9.17) is 0 Å². The van der Waals surface area contributed by atoms with Gasteiger partial charge in [0.15, 0.2) is 0 Å². The van der Waals surface area contributed by atoms with Gasteiger partial charge in [-0.2, -0.15) is 8.78 Å². The molecule has 1 aromatic carbocycles. The number of nitrogens with one attached hydrogen (secondary N) is 1. The van der Waals surface area contributed by atoms with E-state index in [1.165, 1.54) is 12.1 Å². The van der Waals surface area contributed by atoms with E-state index in [1.807, 2.05) is 18.9 Å². The highest BCUT2D eigenvalue weighted by atomic mass is 32.2. The van der Waals surface area contributed by atoms with Crippen LogP contribution in [0.25, 0.3) is 0 Å². The number of carbonyl (C=O) groups is 1. The van der Waals surface area contributed by atoms with E-state index < -0.39 is 20.5 Å². The fourth-order valence-corrected chi connectivity index (χ4v) is 3.44. The topological polar surface area (TPSA) is 66.5 Å². The molecule has 1 aliphatic heterocycles. The van der Waals surface area contributed by atoms with Crippen LogP contribution in [0, 0.1) is 0 Å². The molecule has 8 heteroatoms. The molecule has 1 aliphatic rings. The van der Waals surface area contributed by atoms with E-state index in [0.717, 1.165) is 31.4 Å². The molecule has 0 unspecified atom stereocenters. The van der Waals surface area contributed by atoms with Crippen molar-refractivity contribution < 1.29 is 22.0 Å². The highest BCUT2D eigenvalue weighted by molar-refractivity contribution is 7.91. The molecule has 1 N–H and O–H groups in total. The predicted molar refractivity (Wildman–Crippen MR) is 81.7 cm³/mol. The summed E-state index contributed by atoms with van der Waals surface area (Å²) in [5.74, 6) is -3.86. The lowest BCUT2D eigenvalue weighted by molar-refractivity contribution is 0.0369. The lowest BCUT2D eigenvalue weighted by atomic mass is 10.00. The third-order valence-corrected chi connectivity index (χ3v) is 5.50. The van der Waals surface area contributed by atoms with E-state index in [-0.39, 0.29) is 23.6 Å². The molecule has 0 aliphatic carbocycles. The van der Waals surface area contributed by atoms with Crippen molar-refractivity contribution in [1.29, 1.82) is 0 Å². The fourth-order valence-electron chi connectivity index (χ4n) is 2.72. The number of carbonyl (C=O) groups excluding carboxylic acids is 1. The number of hydrogen-bond acceptors (Lipinski definition) is 4. The second-order valence-corrected chi connectivity index (χ2v) is 7.72. The van der Waals surface area contributed by atoms with Gasteiger partial charge in [-0.15, -0.1) is 0 Å². The number of rotatable bonds is 4. The molecular formula is C15H20F2N2O3S. The van der Waals surface area contributed by atoms with Crippen molar-refractivity contribution in [3.05, 3.63) is 29.8 Å². The van der Waals surface area contributed by atoms with Crippen LogP contribution in [0.4, 0.5) is 8.78 Å². The number of hydrazine groups is 1. The number of sulfone groups is 1. The summed E-state index contributed by atoms with van der Waals surface area (Å²) >= 11 is 0. The van der Waals surface area contributed by atoms with Gasteiger partial charge in [0.2, 0.25) is 9.84 Å². The van der Waals surface area contributed by atoms with Crippen molar-refractivity contribution in [2.75, 3.05) is 0 Å².